The summed E-state index contributed by atoms with van der Waals surface area (Å²) in [7, 11) is 0. The van der Waals surface area contributed by atoms with E-state index in [2.05, 4.69) is 57.8 Å². The van der Waals surface area contributed by atoms with E-state index in [0.29, 0.717) is 28.3 Å². The molecule has 40 heavy (non-hydrogen) atoms. The highest BCUT2D eigenvalue weighted by Crippen LogP contribution is 2.37. The van der Waals surface area contributed by atoms with Crippen LogP contribution in [0, 0.1) is 17.7 Å². The normalized spacial score (nSPS) is 14.6. The molecule has 1 aliphatic rings. The van der Waals surface area contributed by atoms with Crippen molar-refractivity contribution in [3.8, 4) is 23.1 Å². The van der Waals surface area contributed by atoms with Gasteiger partial charge in [-0.2, -0.15) is 0 Å². The van der Waals surface area contributed by atoms with Crippen LogP contribution in [0.4, 0.5) is 4.39 Å². The van der Waals surface area contributed by atoms with Crippen LogP contribution in [0.15, 0.2) is 55.0 Å². The summed E-state index contributed by atoms with van der Waals surface area (Å²) >= 11 is 0. The van der Waals surface area contributed by atoms with Crippen LogP contribution < -0.4 is 5.32 Å². The monoisotopic (exact) mass is 537 g/mol. The molecule has 0 unspecified atom stereocenters. The van der Waals surface area contributed by atoms with Crippen LogP contribution in [0.5, 0.6) is 0 Å². The standard InChI is InChI=1S/C33H36FN5O/c1-5-6-15-39-16-13-22(14-17-39)27-20-35-31-29(27)30(37-21-38-31)24-7-8-25(28(34)18-24)19-36-32(40)23-9-11-26(12-10-23)33(2,3)4/h7-12,18,20-22H,13-17,19H2,1-4H3,(H,36,40)(H,35,37,38). The van der Waals surface area contributed by atoms with Crippen LogP contribution in [0.3, 0.4) is 0 Å². The second-order valence-corrected chi connectivity index (χ2v) is 11.5. The van der Waals surface area contributed by atoms with Crippen LogP contribution in [0.25, 0.3) is 22.3 Å². The minimum absolute atomic E-state index is 0.0117. The van der Waals surface area contributed by atoms with Crippen LogP contribution in [0.2, 0.25) is 0 Å². The zero-order valence-corrected chi connectivity index (χ0v) is 23.6. The number of benzene rings is 2. The Labute approximate surface area is 235 Å². The van der Waals surface area contributed by atoms with Crippen molar-refractivity contribution < 1.29 is 9.18 Å². The molecule has 0 radical (unpaired) electrons. The molecule has 5 rings (SSSR count). The molecule has 1 amide bonds. The van der Waals surface area contributed by atoms with E-state index in [4.69, 9.17) is 0 Å². The summed E-state index contributed by atoms with van der Waals surface area (Å²) in [4.78, 5) is 27.4. The van der Waals surface area contributed by atoms with Gasteiger partial charge in [-0.3, -0.25) is 9.69 Å². The Kier molecular flexibility index (Phi) is 7.99. The Morgan fingerprint density at radius 3 is 2.55 bits per heavy atom. The fourth-order valence-corrected chi connectivity index (χ4v) is 5.36. The topological polar surface area (TPSA) is 73.9 Å². The average Bonchev–Trinajstić information content (AvgIpc) is 3.39. The lowest BCUT2D eigenvalue weighted by Gasteiger charge is -2.30. The highest BCUT2D eigenvalue weighted by Gasteiger charge is 2.25. The number of aromatic amines is 1. The number of aromatic nitrogens is 3. The van der Waals surface area contributed by atoms with Crippen molar-refractivity contribution in [2.24, 2.45) is 0 Å². The lowest BCUT2D eigenvalue weighted by atomic mass is 9.87. The molecule has 2 N–H and O–H groups in total. The molecule has 3 heterocycles. The molecule has 2 aromatic heterocycles. The second-order valence-electron chi connectivity index (χ2n) is 11.5. The Morgan fingerprint density at radius 1 is 1.12 bits per heavy atom. The molecule has 7 heteroatoms. The number of piperidine rings is 1. The van der Waals surface area contributed by atoms with Crippen molar-refractivity contribution in [1.82, 2.24) is 25.2 Å². The van der Waals surface area contributed by atoms with Crippen LogP contribution in [-0.2, 0) is 12.0 Å². The number of H-pyrrole nitrogens is 1. The fourth-order valence-electron chi connectivity index (χ4n) is 5.36. The third kappa shape index (κ3) is 5.93. The van der Waals surface area contributed by atoms with Crippen LogP contribution in [-0.4, -0.2) is 45.4 Å². The Hall–Kier alpha value is -4.02. The van der Waals surface area contributed by atoms with E-state index in [9.17, 15) is 4.79 Å². The third-order valence-corrected chi connectivity index (χ3v) is 7.79. The predicted molar refractivity (Wildman–Crippen MR) is 157 cm³/mol. The van der Waals surface area contributed by atoms with Crippen molar-refractivity contribution in [3.63, 3.8) is 0 Å². The van der Waals surface area contributed by atoms with Gasteiger partial charge >= 0.3 is 0 Å². The van der Waals surface area contributed by atoms with Crippen LogP contribution in [0.1, 0.15) is 73.5 Å². The molecule has 2 aromatic carbocycles. The quantitative estimate of drug-likeness (QED) is 0.288. The van der Waals surface area contributed by atoms with Gasteiger partial charge in [0.25, 0.3) is 5.91 Å². The second kappa shape index (κ2) is 11.6. The SMILES string of the molecule is CC#CCN1CCC(c2c[nH]c3ncnc(-c4ccc(CNC(=O)c5ccc(C(C)(C)C)cc5)c(F)c4)c23)CC1. The summed E-state index contributed by atoms with van der Waals surface area (Å²) in [5.74, 6) is 5.90. The lowest BCUT2D eigenvalue weighted by molar-refractivity contribution is 0.0950. The van der Waals surface area contributed by atoms with Gasteiger partial charge in [0.05, 0.1) is 12.2 Å². The predicted octanol–water partition coefficient (Wildman–Crippen LogP) is 6.19. The molecule has 0 bridgehead atoms. The Morgan fingerprint density at radius 2 is 1.88 bits per heavy atom. The van der Waals surface area contributed by atoms with E-state index in [1.807, 2.05) is 43.5 Å². The number of nitrogens with zero attached hydrogens (tertiary/aromatic N) is 3. The molecule has 0 spiro atoms. The number of rotatable bonds is 6. The Balaban J connectivity index is 1.31. The lowest BCUT2D eigenvalue weighted by Crippen LogP contribution is -2.33. The first-order valence-electron chi connectivity index (χ1n) is 13.9. The molecular weight excluding hydrogens is 501 g/mol. The number of nitrogens with one attached hydrogen (secondary N) is 2. The van der Waals surface area contributed by atoms with E-state index < -0.39 is 0 Å². The molecule has 6 nitrogen and oxygen atoms in total. The van der Waals surface area contributed by atoms with E-state index >= 15 is 4.39 Å². The maximum Gasteiger partial charge on any atom is 0.251 e. The zero-order chi connectivity index (χ0) is 28.3. The maximum atomic E-state index is 15.3. The minimum Gasteiger partial charge on any atom is -0.348 e. The van der Waals surface area contributed by atoms with Gasteiger partial charge in [0, 0.05) is 34.8 Å². The highest BCUT2D eigenvalue weighted by molar-refractivity contribution is 5.95. The van der Waals surface area contributed by atoms with Crippen molar-refractivity contribution in [2.75, 3.05) is 19.6 Å². The Bertz CT molecular complexity index is 1560. The molecule has 206 valence electrons. The number of carbonyl (C=O) groups excluding carboxylic acids is 1. The van der Waals surface area contributed by atoms with Gasteiger partial charge in [0.1, 0.15) is 17.8 Å². The summed E-state index contributed by atoms with van der Waals surface area (Å²) in [6.07, 6.45) is 5.60. The summed E-state index contributed by atoms with van der Waals surface area (Å²) in [6, 6.07) is 12.7. The van der Waals surface area contributed by atoms with E-state index in [1.165, 1.54) is 18.0 Å². The average molecular weight is 538 g/mol. The minimum atomic E-state index is -0.380. The van der Waals surface area contributed by atoms with Gasteiger partial charge in [0.2, 0.25) is 0 Å². The maximum absolute atomic E-state index is 15.3. The van der Waals surface area contributed by atoms with Gasteiger partial charge < -0.3 is 10.3 Å². The molecular formula is C33H36FN5O. The van der Waals surface area contributed by atoms with Gasteiger partial charge in [0.15, 0.2) is 0 Å². The smallest absolute Gasteiger partial charge is 0.251 e. The van der Waals surface area contributed by atoms with Crippen molar-refractivity contribution in [2.45, 2.75) is 58.4 Å². The number of halogens is 1. The molecule has 0 aliphatic carbocycles. The third-order valence-electron chi connectivity index (χ3n) is 7.79. The van der Waals surface area contributed by atoms with E-state index in [1.54, 1.807) is 6.07 Å². The van der Waals surface area contributed by atoms with E-state index in [0.717, 1.165) is 49.1 Å². The van der Waals surface area contributed by atoms with Gasteiger partial charge in [-0.1, -0.05) is 51.0 Å². The van der Waals surface area contributed by atoms with Crippen molar-refractivity contribution in [3.05, 3.63) is 83.1 Å². The van der Waals surface area contributed by atoms with Crippen LogP contribution >= 0.6 is 0 Å². The summed E-state index contributed by atoms with van der Waals surface area (Å²) in [6.45, 7) is 11.2. The summed E-state index contributed by atoms with van der Waals surface area (Å²) in [5.41, 5.74) is 5.49. The number of carbonyl (C=O) groups is 1. The number of hydrogen-bond donors (Lipinski definition) is 2. The summed E-state index contributed by atoms with van der Waals surface area (Å²) < 4.78 is 15.3. The zero-order valence-electron chi connectivity index (χ0n) is 23.6. The molecule has 4 aromatic rings. The van der Waals surface area contributed by atoms with Crippen molar-refractivity contribution >= 4 is 16.9 Å². The fraction of sp³-hybridized carbons (Fsp3) is 0.364. The molecule has 1 aliphatic heterocycles. The first-order chi connectivity index (χ1) is 19.2. The number of fused-ring (bicyclic) bond motifs is 1. The first kappa shape index (κ1) is 27.5. The molecule has 0 atom stereocenters. The molecule has 0 saturated carbocycles. The number of likely N-dealkylation sites (tertiary alicyclic amines) is 1. The van der Waals surface area contributed by atoms with E-state index in [-0.39, 0.29) is 23.7 Å². The summed E-state index contributed by atoms with van der Waals surface area (Å²) in [5, 5.41) is 3.80. The molecule has 1 saturated heterocycles. The molecule has 1 fully saturated rings. The van der Waals surface area contributed by atoms with Crippen molar-refractivity contribution in [1.29, 1.82) is 0 Å². The van der Waals surface area contributed by atoms with Gasteiger partial charge in [-0.15, -0.1) is 5.92 Å². The van der Waals surface area contributed by atoms with Gasteiger partial charge in [-0.25, -0.2) is 14.4 Å². The number of amides is 1. The highest BCUT2D eigenvalue weighted by atomic mass is 19.1. The van der Waals surface area contributed by atoms with Gasteiger partial charge in [-0.05, 0) is 73.5 Å². The largest absolute Gasteiger partial charge is 0.348 e. The number of hydrogen-bond acceptors (Lipinski definition) is 4. The first-order valence-corrected chi connectivity index (χ1v) is 13.9.